The number of para-hydroxylation sites is 1. The number of aryl methyl sites for hydroxylation is 1. The summed E-state index contributed by atoms with van der Waals surface area (Å²) in [6, 6.07) is 13.9. The molecule has 1 N–H and O–H groups in total. The van der Waals surface area contributed by atoms with Crippen LogP contribution in [0, 0.1) is 0 Å². The number of ether oxygens (including phenoxy) is 2. The van der Waals surface area contributed by atoms with Gasteiger partial charge in [-0.25, -0.2) is 0 Å². The van der Waals surface area contributed by atoms with E-state index in [1.165, 1.54) is 0 Å². The van der Waals surface area contributed by atoms with Crippen LogP contribution in [-0.4, -0.2) is 19.1 Å². The van der Waals surface area contributed by atoms with Crippen molar-refractivity contribution < 1.29 is 14.3 Å². The summed E-state index contributed by atoms with van der Waals surface area (Å²) in [5.74, 6) is 1.57. The Morgan fingerprint density at radius 1 is 1.08 bits per heavy atom. The Hall–Kier alpha value is -2.49. The molecule has 1 amide bonds. The van der Waals surface area contributed by atoms with Gasteiger partial charge in [-0.15, -0.1) is 0 Å². The molecule has 1 aliphatic heterocycles. The zero-order valence-electron chi connectivity index (χ0n) is 13.8. The molecular formula is C20H21NO3. The topological polar surface area (TPSA) is 47.6 Å². The fraction of sp³-hybridized carbons (Fsp3) is 0.350. The van der Waals surface area contributed by atoms with Crippen molar-refractivity contribution >= 4 is 11.6 Å². The highest BCUT2D eigenvalue weighted by atomic mass is 16.6. The highest BCUT2D eigenvalue weighted by Gasteiger charge is 2.51. The second kappa shape index (κ2) is 5.86. The average Bonchev–Trinajstić information content (AvgIpc) is 3.44. The second-order valence-electron chi connectivity index (χ2n) is 6.41. The van der Waals surface area contributed by atoms with Gasteiger partial charge in [-0.05, 0) is 48.6 Å². The van der Waals surface area contributed by atoms with Crippen LogP contribution in [0.4, 0.5) is 5.69 Å². The van der Waals surface area contributed by atoms with E-state index in [-0.39, 0.29) is 5.91 Å². The molecule has 0 aromatic heterocycles. The largest absolute Gasteiger partial charge is 0.486 e. The molecule has 0 unspecified atom stereocenters. The fourth-order valence-electron chi connectivity index (χ4n) is 3.31. The Kier molecular flexibility index (Phi) is 3.68. The number of hydrogen-bond acceptors (Lipinski definition) is 3. The first kappa shape index (κ1) is 15.1. The van der Waals surface area contributed by atoms with Crippen LogP contribution >= 0.6 is 0 Å². The first-order valence-corrected chi connectivity index (χ1v) is 8.52. The van der Waals surface area contributed by atoms with Gasteiger partial charge >= 0.3 is 0 Å². The number of anilines is 1. The van der Waals surface area contributed by atoms with Crippen LogP contribution in [0.3, 0.4) is 0 Å². The Morgan fingerprint density at radius 3 is 2.58 bits per heavy atom. The van der Waals surface area contributed by atoms with Crippen molar-refractivity contribution in [3.63, 3.8) is 0 Å². The van der Waals surface area contributed by atoms with Crippen LogP contribution in [0.15, 0.2) is 42.5 Å². The minimum atomic E-state index is -0.434. The Balaban J connectivity index is 1.60. The number of fused-ring (bicyclic) bond motifs is 1. The van der Waals surface area contributed by atoms with Gasteiger partial charge in [-0.2, -0.15) is 0 Å². The Labute approximate surface area is 141 Å². The minimum absolute atomic E-state index is 0.0695. The number of rotatable bonds is 4. The van der Waals surface area contributed by atoms with Crippen LogP contribution in [0.5, 0.6) is 11.5 Å². The Bertz CT molecular complexity index is 780. The number of carbonyl (C=O) groups is 1. The molecule has 124 valence electrons. The first-order chi connectivity index (χ1) is 11.7. The van der Waals surface area contributed by atoms with Gasteiger partial charge < -0.3 is 14.8 Å². The van der Waals surface area contributed by atoms with Gasteiger partial charge in [0.2, 0.25) is 5.91 Å². The lowest BCUT2D eigenvalue weighted by molar-refractivity contribution is -0.118. The highest BCUT2D eigenvalue weighted by Crippen LogP contribution is 2.51. The van der Waals surface area contributed by atoms with E-state index in [1.54, 1.807) is 0 Å². The van der Waals surface area contributed by atoms with E-state index in [4.69, 9.17) is 9.47 Å². The zero-order chi connectivity index (χ0) is 16.6. The predicted molar refractivity (Wildman–Crippen MR) is 92.8 cm³/mol. The van der Waals surface area contributed by atoms with Gasteiger partial charge in [0.25, 0.3) is 0 Å². The predicted octanol–water partition coefficient (Wildman–Crippen LogP) is 3.69. The summed E-state index contributed by atoms with van der Waals surface area (Å²) in [5, 5.41) is 3.13. The van der Waals surface area contributed by atoms with Gasteiger partial charge in [0.15, 0.2) is 11.5 Å². The van der Waals surface area contributed by atoms with Gasteiger partial charge in [-0.1, -0.05) is 31.2 Å². The fourth-order valence-corrected chi connectivity index (χ4v) is 3.31. The standard InChI is InChI=1S/C20H21NO3/c1-2-14-5-3-4-6-16(14)21-19(22)20(9-10-20)15-7-8-17-18(13-15)24-12-11-23-17/h3-8,13H,2,9-12H2,1H3,(H,21,22). The summed E-state index contributed by atoms with van der Waals surface area (Å²) < 4.78 is 11.2. The lowest BCUT2D eigenvalue weighted by atomic mass is 9.94. The quantitative estimate of drug-likeness (QED) is 0.933. The molecule has 4 rings (SSSR count). The van der Waals surface area contributed by atoms with E-state index >= 15 is 0 Å². The molecule has 0 bridgehead atoms. The van der Waals surface area contributed by atoms with Crippen LogP contribution in [0.25, 0.3) is 0 Å². The maximum atomic E-state index is 13.0. The molecule has 1 fully saturated rings. The first-order valence-electron chi connectivity index (χ1n) is 8.52. The molecule has 0 radical (unpaired) electrons. The smallest absolute Gasteiger partial charge is 0.235 e. The van der Waals surface area contributed by atoms with Gasteiger partial charge in [0.05, 0.1) is 5.41 Å². The normalized spacial score (nSPS) is 17.2. The SMILES string of the molecule is CCc1ccccc1NC(=O)C1(c2ccc3c(c2)OCCO3)CC1. The van der Waals surface area contributed by atoms with Crippen molar-refractivity contribution in [3.05, 3.63) is 53.6 Å². The minimum Gasteiger partial charge on any atom is -0.486 e. The van der Waals surface area contributed by atoms with Crippen LogP contribution in [0.1, 0.15) is 30.9 Å². The molecule has 4 nitrogen and oxygen atoms in total. The molecule has 4 heteroatoms. The summed E-state index contributed by atoms with van der Waals surface area (Å²) in [5.41, 5.74) is 2.65. The molecule has 0 spiro atoms. The third-order valence-corrected chi connectivity index (χ3v) is 4.93. The maximum Gasteiger partial charge on any atom is 0.235 e. The molecule has 1 saturated carbocycles. The van der Waals surface area contributed by atoms with Crippen molar-refractivity contribution in [1.29, 1.82) is 0 Å². The number of benzene rings is 2. The number of hydrogen-bond donors (Lipinski definition) is 1. The number of nitrogens with one attached hydrogen (secondary N) is 1. The third-order valence-electron chi connectivity index (χ3n) is 4.93. The van der Waals surface area contributed by atoms with Crippen LogP contribution in [-0.2, 0) is 16.6 Å². The van der Waals surface area contributed by atoms with E-state index in [2.05, 4.69) is 18.3 Å². The van der Waals surface area contributed by atoms with Crippen molar-refractivity contribution in [3.8, 4) is 11.5 Å². The van der Waals surface area contributed by atoms with Gasteiger partial charge in [0, 0.05) is 5.69 Å². The van der Waals surface area contributed by atoms with Crippen LogP contribution in [0.2, 0.25) is 0 Å². The summed E-state index contributed by atoms with van der Waals surface area (Å²) >= 11 is 0. The number of amides is 1. The van der Waals surface area contributed by atoms with E-state index in [0.29, 0.717) is 13.2 Å². The monoisotopic (exact) mass is 323 g/mol. The van der Waals surface area contributed by atoms with Gasteiger partial charge in [0.1, 0.15) is 13.2 Å². The molecule has 2 aliphatic rings. The molecule has 24 heavy (non-hydrogen) atoms. The molecule has 1 aliphatic carbocycles. The summed E-state index contributed by atoms with van der Waals surface area (Å²) in [4.78, 5) is 13.0. The summed E-state index contributed by atoms with van der Waals surface area (Å²) in [6.45, 7) is 3.23. The molecule has 0 saturated heterocycles. The van der Waals surface area contributed by atoms with Crippen molar-refractivity contribution in [2.24, 2.45) is 0 Å². The molecular weight excluding hydrogens is 302 g/mol. The van der Waals surface area contributed by atoms with E-state index in [1.807, 2.05) is 36.4 Å². The highest BCUT2D eigenvalue weighted by molar-refractivity contribution is 6.02. The summed E-state index contributed by atoms with van der Waals surface area (Å²) in [6.07, 6.45) is 2.63. The Morgan fingerprint density at radius 2 is 1.83 bits per heavy atom. The third kappa shape index (κ3) is 2.52. The van der Waals surface area contributed by atoms with Crippen molar-refractivity contribution in [2.45, 2.75) is 31.6 Å². The number of carbonyl (C=O) groups excluding carboxylic acids is 1. The van der Waals surface area contributed by atoms with Crippen LogP contribution < -0.4 is 14.8 Å². The van der Waals surface area contributed by atoms with E-state index in [0.717, 1.165) is 47.6 Å². The molecule has 2 aromatic rings. The van der Waals surface area contributed by atoms with E-state index in [9.17, 15) is 4.79 Å². The molecule has 2 aromatic carbocycles. The molecule has 1 heterocycles. The van der Waals surface area contributed by atoms with Crippen molar-refractivity contribution in [2.75, 3.05) is 18.5 Å². The lowest BCUT2D eigenvalue weighted by Gasteiger charge is -2.22. The molecule has 0 atom stereocenters. The lowest BCUT2D eigenvalue weighted by Crippen LogP contribution is -2.28. The maximum absolute atomic E-state index is 13.0. The van der Waals surface area contributed by atoms with Crippen molar-refractivity contribution in [1.82, 2.24) is 0 Å². The van der Waals surface area contributed by atoms with Gasteiger partial charge in [-0.3, -0.25) is 4.79 Å². The summed E-state index contributed by atoms with van der Waals surface area (Å²) in [7, 11) is 0. The second-order valence-corrected chi connectivity index (χ2v) is 6.41. The zero-order valence-corrected chi connectivity index (χ0v) is 13.8. The van der Waals surface area contributed by atoms with E-state index < -0.39 is 5.41 Å². The average molecular weight is 323 g/mol.